The van der Waals surface area contributed by atoms with Crippen LogP contribution in [-0.4, -0.2) is 25.9 Å². The zero-order valence-corrected chi connectivity index (χ0v) is 19.1. The maximum atomic E-state index is 13.0. The van der Waals surface area contributed by atoms with Gasteiger partial charge in [0.15, 0.2) is 5.16 Å². The number of unbranched alkanes of at least 4 members (excludes halogenated alkanes) is 1. The van der Waals surface area contributed by atoms with Crippen LogP contribution in [0.3, 0.4) is 0 Å². The van der Waals surface area contributed by atoms with Crippen molar-refractivity contribution in [3.63, 3.8) is 0 Å². The lowest BCUT2D eigenvalue weighted by molar-refractivity contribution is -0.136. The van der Waals surface area contributed by atoms with Gasteiger partial charge in [-0.25, -0.2) is 4.98 Å². The van der Waals surface area contributed by atoms with Crippen molar-refractivity contribution in [2.24, 2.45) is 7.05 Å². The maximum absolute atomic E-state index is 13.0. The normalized spacial score (nSPS) is 12.8. The largest absolute Gasteiger partial charge is 0.480 e. The number of rotatable bonds is 8. The van der Waals surface area contributed by atoms with Gasteiger partial charge in [0, 0.05) is 24.7 Å². The number of aromatic nitrogens is 2. The summed E-state index contributed by atoms with van der Waals surface area (Å²) in [6.45, 7) is 10.4. The number of carbonyl (C=O) groups is 1. The van der Waals surface area contributed by atoms with E-state index in [4.69, 9.17) is 0 Å². The molecule has 0 aliphatic carbocycles. The zero-order valence-electron chi connectivity index (χ0n) is 18.3. The molecule has 1 N–H and O–H groups in total. The molecule has 0 saturated heterocycles. The smallest absolute Gasteiger partial charge is 0.317 e. The Hall–Kier alpha value is -2.08. The molecule has 158 valence electrons. The minimum atomic E-state index is -0.863. The van der Waals surface area contributed by atoms with Crippen LogP contribution in [0.25, 0.3) is 0 Å². The molecule has 0 radical (unpaired) electrons. The number of carboxylic acids is 1. The molecular weight excluding hydrogens is 384 g/mol. The second-order valence-electron chi connectivity index (χ2n) is 8.53. The summed E-state index contributed by atoms with van der Waals surface area (Å²) in [7, 11) is 1.67. The van der Waals surface area contributed by atoms with Gasteiger partial charge in [-0.15, -0.1) is 0 Å². The van der Waals surface area contributed by atoms with Crippen LogP contribution in [0.1, 0.15) is 69.3 Å². The summed E-state index contributed by atoms with van der Waals surface area (Å²) in [5, 5.41) is 9.35. The highest BCUT2D eigenvalue weighted by Crippen LogP contribution is 2.26. The first-order valence-corrected chi connectivity index (χ1v) is 11.0. The summed E-state index contributed by atoms with van der Waals surface area (Å²) in [4.78, 5) is 29.1. The summed E-state index contributed by atoms with van der Waals surface area (Å²) < 4.78 is 1.48. The first-order valence-electron chi connectivity index (χ1n) is 10.1. The number of nitrogens with zero attached hydrogens (tertiary/aromatic N) is 2. The molecule has 0 aliphatic heterocycles. The van der Waals surface area contributed by atoms with Gasteiger partial charge in [0.05, 0.1) is 0 Å². The number of carboxylic acid groups (broad SMARTS) is 1. The van der Waals surface area contributed by atoms with Crippen molar-refractivity contribution in [1.82, 2.24) is 9.55 Å². The lowest BCUT2D eigenvalue weighted by Crippen LogP contribution is -2.27. The number of aryl methyl sites for hydroxylation is 1. The van der Waals surface area contributed by atoms with E-state index in [1.54, 1.807) is 7.05 Å². The van der Waals surface area contributed by atoms with E-state index >= 15 is 0 Å². The van der Waals surface area contributed by atoms with Crippen molar-refractivity contribution in [2.45, 2.75) is 76.1 Å². The lowest BCUT2D eigenvalue weighted by atomic mass is 9.86. The van der Waals surface area contributed by atoms with E-state index in [0.717, 1.165) is 30.2 Å². The first-order chi connectivity index (χ1) is 13.5. The molecule has 1 aromatic heterocycles. The van der Waals surface area contributed by atoms with E-state index < -0.39 is 11.2 Å². The molecule has 2 rings (SSSR count). The molecule has 0 fully saturated rings. The van der Waals surface area contributed by atoms with Crippen molar-refractivity contribution >= 4 is 17.7 Å². The van der Waals surface area contributed by atoms with Gasteiger partial charge in [0.1, 0.15) is 5.25 Å². The van der Waals surface area contributed by atoms with E-state index in [1.165, 1.54) is 10.1 Å². The Morgan fingerprint density at radius 1 is 1.24 bits per heavy atom. The van der Waals surface area contributed by atoms with E-state index in [1.807, 2.05) is 13.8 Å². The zero-order chi connectivity index (χ0) is 21.8. The molecule has 29 heavy (non-hydrogen) atoms. The quantitative estimate of drug-likeness (QED) is 0.498. The molecule has 1 atom stereocenters. The number of aliphatic carboxylic acids is 1. The highest BCUT2D eigenvalue weighted by Gasteiger charge is 2.22. The monoisotopic (exact) mass is 416 g/mol. The Labute approximate surface area is 177 Å². The highest BCUT2D eigenvalue weighted by atomic mass is 32.2. The molecule has 0 saturated carbocycles. The van der Waals surface area contributed by atoms with Gasteiger partial charge in [0.25, 0.3) is 5.56 Å². The third-order valence-electron chi connectivity index (χ3n) is 5.09. The van der Waals surface area contributed by atoms with Gasteiger partial charge >= 0.3 is 5.97 Å². The van der Waals surface area contributed by atoms with Crippen LogP contribution in [0.2, 0.25) is 0 Å². The number of thioether (sulfide) groups is 1. The van der Waals surface area contributed by atoms with Crippen molar-refractivity contribution in [2.75, 3.05) is 0 Å². The van der Waals surface area contributed by atoms with E-state index in [2.05, 4.69) is 50.0 Å². The van der Waals surface area contributed by atoms with E-state index in [9.17, 15) is 14.7 Å². The van der Waals surface area contributed by atoms with Crippen LogP contribution in [0, 0.1) is 6.92 Å². The van der Waals surface area contributed by atoms with Gasteiger partial charge in [0.2, 0.25) is 0 Å². The summed E-state index contributed by atoms with van der Waals surface area (Å²) >= 11 is 1.16. The average Bonchev–Trinajstić information content (AvgIpc) is 2.65. The van der Waals surface area contributed by atoms with E-state index in [0.29, 0.717) is 29.3 Å². The van der Waals surface area contributed by atoms with Gasteiger partial charge < -0.3 is 5.11 Å². The molecule has 0 aliphatic rings. The molecule has 0 bridgehead atoms. The molecule has 1 aromatic carbocycles. The Balaban J connectivity index is 2.29. The van der Waals surface area contributed by atoms with Crippen LogP contribution in [0.5, 0.6) is 0 Å². The number of hydrogen-bond acceptors (Lipinski definition) is 4. The summed E-state index contributed by atoms with van der Waals surface area (Å²) in [5.41, 5.74) is 3.61. The minimum absolute atomic E-state index is 0.0868. The average molecular weight is 417 g/mol. The number of hydrogen-bond donors (Lipinski definition) is 1. The highest BCUT2D eigenvalue weighted by molar-refractivity contribution is 8.00. The maximum Gasteiger partial charge on any atom is 0.317 e. The molecule has 1 heterocycles. The Morgan fingerprint density at radius 2 is 1.86 bits per heavy atom. The van der Waals surface area contributed by atoms with Crippen LogP contribution in [0.15, 0.2) is 34.2 Å². The predicted octanol–water partition coefficient (Wildman–Crippen LogP) is 4.71. The second kappa shape index (κ2) is 9.61. The van der Waals surface area contributed by atoms with E-state index in [-0.39, 0.29) is 11.0 Å². The summed E-state index contributed by atoms with van der Waals surface area (Å²) in [6.07, 6.45) is 2.84. The van der Waals surface area contributed by atoms with Gasteiger partial charge in [-0.2, -0.15) is 0 Å². The molecule has 0 spiro atoms. The van der Waals surface area contributed by atoms with Crippen molar-refractivity contribution in [1.29, 1.82) is 0 Å². The molecule has 6 heteroatoms. The van der Waals surface area contributed by atoms with Crippen LogP contribution in [-0.2, 0) is 23.7 Å². The first kappa shape index (κ1) is 23.2. The van der Waals surface area contributed by atoms with Crippen molar-refractivity contribution < 1.29 is 9.90 Å². The fraction of sp³-hybridized carbons (Fsp3) is 0.522. The Kier molecular flexibility index (Phi) is 7.69. The molecule has 5 nitrogen and oxygen atoms in total. The van der Waals surface area contributed by atoms with Gasteiger partial charge in [-0.05, 0) is 29.9 Å². The Bertz CT molecular complexity index is 911. The third kappa shape index (κ3) is 5.95. The lowest BCUT2D eigenvalue weighted by Gasteiger charge is -2.19. The SMILES string of the molecule is CCCCC(Sc1nc(C)c(Cc2ccc(C(C)(C)C)cc2)c(=O)n1C)C(=O)O. The van der Waals surface area contributed by atoms with Gasteiger partial charge in [-0.3, -0.25) is 14.2 Å². The molecule has 2 aromatic rings. The number of benzene rings is 1. The predicted molar refractivity (Wildman–Crippen MR) is 119 cm³/mol. The minimum Gasteiger partial charge on any atom is -0.480 e. The molecule has 0 amide bonds. The topological polar surface area (TPSA) is 72.2 Å². The molecule has 1 unspecified atom stereocenters. The van der Waals surface area contributed by atoms with Crippen molar-refractivity contribution in [3.8, 4) is 0 Å². The fourth-order valence-electron chi connectivity index (χ4n) is 3.12. The van der Waals surface area contributed by atoms with Crippen LogP contribution >= 0.6 is 11.8 Å². The van der Waals surface area contributed by atoms with Crippen LogP contribution in [0.4, 0.5) is 0 Å². The summed E-state index contributed by atoms with van der Waals surface area (Å²) in [6, 6.07) is 8.34. The second-order valence-corrected chi connectivity index (χ2v) is 9.70. The van der Waals surface area contributed by atoms with Gasteiger partial charge in [-0.1, -0.05) is 76.6 Å². The Morgan fingerprint density at radius 3 is 2.38 bits per heavy atom. The standard InChI is InChI=1S/C23H32N2O3S/c1-7-8-9-19(21(27)28)29-22-24-15(2)18(20(26)25(22)6)14-16-10-12-17(13-11-16)23(3,4)5/h10-13,19H,7-9,14H2,1-6H3,(H,27,28). The van der Waals surface area contributed by atoms with Crippen molar-refractivity contribution in [3.05, 3.63) is 57.0 Å². The summed E-state index contributed by atoms with van der Waals surface area (Å²) in [5.74, 6) is -0.863. The molecular formula is C23H32N2O3S. The third-order valence-corrected chi connectivity index (χ3v) is 6.39. The fourth-order valence-corrected chi connectivity index (χ4v) is 4.19. The van der Waals surface area contributed by atoms with Crippen LogP contribution < -0.4 is 5.56 Å².